The van der Waals surface area contributed by atoms with Gasteiger partial charge in [0.1, 0.15) is 10.7 Å². The Balaban J connectivity index is 2.44. The van der Waals surface area contributed by atoms with Gasteiger partial charge in [-0.3, -0.25) is 9.40 Å². The number of halogens is 4. The van der Waals surface area contributed by atoms with E-state index in [0.29, 0.717) is 12.1 Å². The van der Waals surface area contributed by atoms with E-state index in [4.69, 9.17) is 0 Å². The fourth-order valence-corrected chi connectivity index (χ4v) is 2.70. The Kier molecular flexibility index (Phi) is 3.66. The number of aromatic nitrogens is 2. The third kappa shape index (κ3) is 3.32. The lowest BCUT2D eigenvalue weighted by atomic mass is 10.2. The molecule has 10 heteroatoms. The van der Waals surface area contributed by atoms with Crippen LogP contribution in [-0.2, 0) is 23.2 Å². The number of nitrogens with zero attached hydrogens (tertiary/aromatic N) is 2. The maximum Gasteiger partial charge on any atom is 0.416 e. The molecule has 0 saturated heterocycles. The second kappa shape index (κ2) is 5.02. The van der Waals surface area contributed by atoms with E-state index in [1.807, 2.05) is 4.72 Å². The lowest BCUT2D eigenvalue weighted by Crippen LogP contribution is -2.16. The number of aryl methyl sites for hydroxylation is 1. The maximum atomic E-state index is 13.6. The van der Waals surface area contributed by atoms with Gasteiger partial charge in [0.15, 0.2) is 0 Å². The minimum absolute atomic E-state index is 0.00862. The van der Waals surface area contributed by atoms with E-state index in [1.54, 1.807) is 0 Å². The van der Waals surface area contributed by atoms with Crippen molar-refractivity contribution in [3.05, 3.63) is 42.0 Å². The zero-order valence-corrected chi connectivity index (χ0v) is 11.3. The first kappa shape index (κ1) is 15.3. The molecular formula is C11H9F4N3O2S. The van der Waals surface area contributed by atoms with Gasteiger partial charge in [0.2, 0.25) is 0 Å². The van der Waals surface area contributed by atoms with Crippen LogP contribution in [0, 0.1) is 5.82 Å². The van der Waals surface area contributed by atoms with Gasteiger partial charge in [-0.15, -0.1) is 0 Å². The molecule has 0 aliphatic rings. The zero-order valence-electron chi connectivity index (χ0n) is 10.5. The number of nitrogens with one attached hydrogen (secondary N) is 1. The van der Waals surface area contributed by atoms with Gasteiger partial charge in [0.25, 0.3) is 10.0 Å². The lowest BCUT2D eigenvalue weighted by Gasteiger charge is -2.11. The average molecular weight is 323 g/mol. The Labute approximate surface area is 117 Å². The number of alkyl halides is 3. The van der Waals surface area contributed by atoms with E-state index in [-0.39, 0.29) is 11.8 Å². The van der Waals surface area contributed by atoms with E-state index < -0.39 is 32.5 Å². The quantitative estimate of drug-likeness (QED) is 0.882. The molecule has 0 aliphatic carbocycles. The second-order valence-electron chi connectivity index (χ2n) is 4.15. The molecule has 0 atom stereocenters. The van der Waals surface area contributed by atoms with Crippen LogP contribution in [0.25, 0.3) is 0 Å². The molecule has 1 aromatic heterocycles. The first-order valence-corrected chi connectivity index (χ1v) is 6.96. The highest BCUT2D eigenvalue weighted by molar-refractivity contribution is 7.92. The van der Waals surface area contributed by atoms with Gasteiger partial charge >= 0.3 is 6.18 Å². The summed E-state index contributed by atoms with van der Waals surface area (Å²) in [7, 11) is -2.98. The van der Waals surface area contributed by atoms with E-state index >= 15 is 0 Å². The predicted molar refractivity (Wildman–Crippen MR) is 65.4 cm³/mol. The van der Waals surface area contributed by atoms with E-state index in [2.05, 4.69) is 5.10 Å². The van der Waals surface area contributed by atoms with Crippen LogP contribution >= 0.6 is 0 Å². The van der Waals surface area contributed by atoms with Crippen LogP contribution < -0.4 is 4.72 Å². The highest BCUT2D eigenvalue weighted by Gasteiger charge is 2.33. The minimum atomic E-state index is -4.77. The van der Waals surface area contributed by atoms with Gasteiger partial charge < -0.3 is 0 Å². The summed E-state index contributed by atoms with van der Waals surface area (Å²) in [6.07, 6.45) is -2.35. The fraction of sp³-hybridized carbons (Fsp3) is 0.182. The SMILES string of the molecule is Cn1cc(NS(=O)(=O)c2cc(C(F)(F)F)ccc2F)cn1. The highest BCUT2D eigenvalue weighted by atomic mass is 32.2. The van der Waals surface area contributed by atoms with Crippen molar-refractivity contribution in [3.8, 4) is 0 Å². The normalized spacial score (nSPS) is 12.4. The molecule has 0 amide bonds. The van der Waals surface area contributed by atoms with Crippen molar-refractivity contribution in [1.29, 1.82) is 0 Å². The highest BCUT2D eigenvalue weighted by Crippen LogP contribution is 2.31. The lowest BCUT2D eigenvalue weighted by molar-refractivity contribution is -0.137. The third-order valence-corrected chi connectivity index (χ3v) is 3.90. The summed E-state index contributed by atoms with van der Waals surface area (Å²) in [5.41, 5.74) is -1.25. The molecule has 21 heavy (non-hydrogen) atoms. The van der Waals surface area contributed by atoms with E-state index in [9.17, 15) is 26.0 Å². The molecule has 0 radical (unpaired) electrons. The van der Waals surface area contributed by atoms with Gasteiger partial charge in [-0.05, 0) is 18.2 Å². The van der Waals surface area contributed by atoms with E-state index in [1.165, 1.54) is 17.9 Å². The van der Waals surface area contributed by atoms with Crippen molar-refractivity contribution in [2.24, 2.45) is 7.05 Å². The van der Waals surface area contributed by atoms with Gasteiger partial charge in [-0.25, -0.2) is 12.8 Å². The molecule has 0 spiro atoms. The summed E-state index contributed by atoms with van der Waals surface area (Å²) in [5.74, 6) is -1.28. The van der Waals surface area contributed by atoms with Crippen LogP contribution in [0.4, 0.5) is 23.2 Å². The summed E-state index contributed by atoms with van der Waals surface area (Å²) in [6, 6.07) is 1.17. The molecule has 2 aromatic rings. The topological polar surface area (TPSA) is 64.0 Å². The molecule has 0 unspecified atom stereocenters. The van der Waals surface area contributed by atoms with Crippen LogP contribution in [0.3, 0.4) is 0 Å². The van der Waals surface area contributed by atoms with Gasteiger partial charge in [0.05, 0.1) is 17.4 Å². The number of rotatable bonds is 3. The van der Waals surface area contributed by atoms with Crippen LogP contribution in [0.1, 0.15) is 5.56 Å². The Hall–Kier alpha value is -2.10. The Morgan fingerprint density at radius 1 is 1.29 bits per heavy atom. The number of anilines is 1. The maximum absolute atomic E-state index is 13.6. The Bertz CT molecular complexity index is 768. The Morgan fingerprint density at radius 2 is 1.95 bits per heavy atom. The van der Waals surface area contributed by atoms with Crippen LogP contribution in [0.2, 0.25) is 0 Å². The Morgan fingerprint density at radius 3 is 2.48 bits per heavy atom. The molecule has 1 aromatic carbocycles. The van der Waals surface area contributed by atoms with Crippen molar-refractivity contribution in [3.63, 3.8) is 0 Å². The van der Waals surface area contributed by atoms with Crippen LogP contribution in [0.5, 0.6) is 0 Å². The van der Waals surface area contributed by atoms with Crippen molar-refractivity contribution in [2.45, 2.75) is 11.1 Å². The third-order valence-electron chi connectivity index (χ3n) is 2.51. The molecule has 0 bridgehead atoms. The van der Waals surface area contributed by atoms with Gasteiger partial charge in [-0.2, -0.15) is 18.3 Å². The number of sulfonamides is 1. The summed E-state index contributed by atoms with van der Waals surface area (Å²) in [5, 5.41) is 3.69. The standard InChI is InChI=1S/C11H9F4N3O2S/c1-18-6-8(5-16-18)17-21(19,20)10-4-7(11(13,14)15)2-3-9(10)12/h2-6,17H,1H3. The molecule has 0 aliphatic heterocycles. The first-order chi connectivity index (χ1) is 9.59. The fourth-order valence-electron chi connectivity index (χ4n) is 1.57. The predicted octanol–water partition coefficient (Wildman–Crippen LogP) is 2.38. The number of benzene rings is 1. The molecule has 1 heterocycles. The number of hydrogen-bond donors (Lipinski definition) is 1. The molecular weight excluding hydrogens is 314 g/mol. The molecule has 2 rings (SSSR count). The largest absolute Gasteiger partial charge is 0.416 e. The van der Waals surface area contributed by atoms with Crippen molar-refractivity contribution >= 4 is 15.7 Å². The summed E-state index contributed by atoms with van der Waals surface area (Å²) in [6.45, 7) is 0. The minimum Gasteiger partial charge on any atom is -0.276 e. The van der Waals surface area contributed by atoms with Crippen molar-refractivity contribution < 1.29 is 26.0 Å². The molecule has 5 nitrogen and oxygen atoms in total. The summed E-state index contributed by atoms with van der Waals surface area (Å²) < 4.78 is 78.4. The van der Waals surface area contributed by atoms with Crippen LogP contribution in [-0.4, -0.2) is 18.2 Å². The number of hydrogen-bond acceptors (Lipinski definition) is 3. The van der Waals surface area contributed by atoms with Crippen molar-refractivity contribution in [1.82, 2.24) is 9.78 Å². The first-order valence-electron chi connectivity index (χ1n) is 5.48. The molecule has 1 N–H and O–H groups in total. The monoisotopic (exact) mass is 323 g/mol. The second-order valence-corrected chi connectivity index (χ2v) is 5.80. The molecule has 114 valence electrons. The summed E-state index contributed by atoms with van der Waals surface area (Å²) in [4.78, 5) is -1.08. The van der Waals surface area contributed by atoms with Crippen molar-refractivity contribution in [2.75, 3.05) is 4.72 Å². The summed E-state index contributed by atoms with van der Waals surface area (Å²) >= 11 is 0. The van der Waals surface area contributed by atoms with Crippen LogP contribution in [0.15, 0.2) is 35.5 Å². The molecule has 0 fully saturated rings. The molecule has 0 saturated carbocycles. The zero-order chi connectivity index (χ0) is 15.8. The van der Waals surface area contributed by atoms with Gasteiger partial charge in [0, 0.05) is 13.2 Å². The smallest absolute Gasteiger partial charge is 0.276 e. The van der Waals surface area contributed by atoms with Gasteiger partial charge in [-0.1, -0.05) is 0 Å². The van der Waals surface area contributed by atoms with E-state index in [0.717, 1.165) is 6.20 Å². The average Bonchev–Trinajstić information content (AvgIpc) is 2.72.